The van der Waals surface area contributed by atoms with E-state index >= 15 is 0 Å². The molecule has 8 heteroatoms. The summed E-state index contributed by atoms with van der Waals surface area (Å²) in [6.45, 7) is 2.35. The molecular formula is C13H20N4O4. The van der Waals surface area contributed by atoms with E-state index in [0.29, 0.717) is 13.0 Å². The fourth-order valence-corrected chi connectivity index (χ4v) is 1.98. The average molecular weight is 296 g/mol. The lowest BCUT2D eigenvalue weighted by atomic mass is 10.1. The predicted molar refractivity (Wildman–Crippen MR) is 76.0 cm³/mol. The number of likely N-dealkylation sites (N-methyl/N-ethyl adjacent to an activating group) is 1. The van der Waals surface area contributed by atoms with Crippen LogP contribution in [0, 0.1) is 5.41 Å². The van der Waals surface area contributed by atoms with Crippen LogP contribution in [0.2, 0.25) is 0 Å². The lowest BCUT2D eigenvalue weighted by Crippen LogP contribution is -2.45. The third kappa shape index (κ3) is 4.83. The molecule has 1 atom stereocenters. The molecule has 0 bridgehead atoms. The zero-order valence-corrected chi connectivity index (χ0v) is 11.8. The molecule has 0 aliphatic carbocycles. The Labute approximate surface area is 122 Å². The number of guanidine groups is 1. The quantitative estimate of drug-likeness (QED) is 0.313. The van der Waals surface area contributed by atoms with E-state index < -0.39 is 17.9 Å². The SMILES string of the molecule is CCN(C(=O)c1ccco1)[C@@H](CCCNC(=N)N)C(=O)O. The highest BCUT2D eigenvalue weighted by Crippen LogP contribution is 2.13. The number of aliphatic carboxylic acids is 1. The Balaban J connectivity index is 2.69. The molecular weight excluding hydrogens is 276 g/mol. The molecule has 5 N–H and O–H groups in total. The van der Waals surface area contributed by atoms with E-state index in [0.717, 1.165) is 0 Å². The number of rotatable bonds is 8. The highest BCUT2D eigenvalue weighted by Gasteiger charge is 2.29. The molecule has 116 valence electrons. The van der Waals surface area contributed by atoms with Gasteiger partial charge in [-0.1, -0.05) is 0 Å². The van der Waals surface area contributed by atoms with Crippen molar-refractivity contribution in [2.24, 2.45) is 5.73 Å². The monoisotopic (exact) mass is 296 g/mol. The van der Waals surface area contributed by atoms with Gasteiger partial charge in [-0.3, -0.25) is 10.2 Å². The second kappa shape index (κ2) is 7.93. The Hall–Kier alpha value is -2.51. The molecule has 0 saturated carbocycles. The number of carbonyl (C=O) groups excluding carboxylic acids is 1. The van der Waals surface area contributed by atoms with Crippen molar-refractivity contribution >= 4 is 17.8 Å². The van der Waals surface area contributed by atoms with Gasteiger partial charge in [-0.2, -0.15) is 0 Å². The average Bonchev–Trinajstić information content (AvgIpc) is 2.95. The van der Waals surface area contributed by atoms with Gasteiger partial charge in [0.1, 0.15) is 6.04 Å². The largest absolute Gasteiger partial charge is 0.480 e. The van der Waals surface area contributed by atoms with E-state index in [-0.39, 0.29) is 24.7 Å². The van der Waals surface area contributed by atoms with E-state index in [1.54, 1.807) is 13.0 Å². The Morgan fingerprint density at radius 2 is 2.29 bits per heavy atom. The summed E-state index contributed by atoms with van der Waals surface area (Å²) in [5, 5.41) is 18.9. The maximum atomic E-state index is 12.2. The number of nitrogens with one attached hydrogen (secondary N) is 2. The van der Waals surface area contributed by atoms with Crippen LogP contribution in [0.1, 0.15) is 30.3 Å². The number of hydrogen-bond donors (Lipinski definition) is 4. The highest BCUT2D eigenvalue weighted by atomic mass is 16.4. The Kier molecular flexibility index (Phi) is 6.25. The van der Waals surface area contributed by atoms with Gasteiger partial charge in [0, 0.05) is 13.1 Å². The van der Waals surface area contributed by atoms with Crippen molar-refractivity contribution < 1.29 is 19.1 Å². The lowest BCUT2D eigenvalue weighted by molar-refractivity contribution is -0.142. The number of carbonyl (C=O) groups is 2. The molecule has 21 heavy (non-hydrogen) atoms. The summed E-state index contributed by atoms with van der Waals surface area (Å²) in [4.78, 5) is 24.9. The topological polar surface area (TPSA) is 133 Å². The minimum atomic E-state index is -1.07. The third-order valence-electron chi connectivity index (χ3n) is 2.96. The molecule has 0 radical (unpaired) electrons. The third-order valence-corrected chi connectivity index (χ3v) is 2.96. The van der Waals surface area contributed by atoms with Crippen molar-refractivity contribution in [3.05, 3.63) is 24.2 Å². The minimum absolute atomic E-state index is 0.116. The maximum absolute atomic E-state index is 12.2. The van der Waals surface area contributed by atoms with Crippen LogP contribution in [0.15, 0.2) is 22.8 Å². The number of furan rings is 1. The van der Waals surface area contributed by atoms with Gasteiger partial charge in [-0.25, -0.2) is 4.79 Å². The second-order valence-corrected chi connectivity index (χ2v) is 4.41. The van der Waals surface area contributed by atoms with Crippen LogP contribution in [0.4, 0.5) is 0 Å². The van der Waals surface area contributed by atoms with Gasteiger partial charge in [0.2, 0.25) is 0 Å². The van der Waals surface area contributed by atoms with Gasteiger partial charge in [-0.05, 0) is 31.9 Å². The number of nitrogens with two attached hydrogens (primary N) is 1. The van der Waals surface area contributed by atoms with E-state index in [1.165, 1.54) is 17.2 Å². The van der Waals surface area contributed by atoms with Crippen molar-refractivity contribution in [1.29, 1.82) is 5.41 Å². The van der Waals surface area contributed by atoms with Crippen molar-refractivity contribution in [3.63, 3.8) is 0 Å². The molecule has 0 aliphatic rings. The number of amides is 1. The molecule has 1 amide bonds. The summed E-state index contributed by atoms with van der Waals surface area (Å²) < 4.78 is 5.02. The molecule has 0 spiro atoms. The molecule has 1 rings (SSSR count). The molecule has 8 nitrogen and oxygen atoms in total. The van der Waals surface area contributed by atoms with Crippen LogP contribution in [-0.4, -0.2) is 47.0 Å². The van der Waals surface area contributed by atoms with Crippen LogP contribution in [0.3, 0.4) is 0 Å². The first kappa shape index (κ1) is 16.5. The van der Waals surface area contributed by atoms with E-state index in [9.17, 15) is 14.7 Å². The lowest BCUT2D eigenvalue weighted by Gasteiger charge is -2.27. The summed E-state index contributed by atoms with van der Waals surface area (Å²) in [6.07, 6.45) is 2.10. The normalized spacial score (nSPS) is 11.7. The summed E-state index contributed by atoms with van der Waals surface area (Å²) >= 11 is 0. The first-order chi connectivity index (χ1) is 9.97. The first-order valence-electron chi connectivity index (χ1n) is 6.62. The van der Waals surface area contributed by atoms with Crippen LogP contribution in [0.5, 0.6) is 0 Å². The molecule has 1 heterocycles. The van der Waals surface area contributed by atoms with Crippen molar-refractivity contribution in [2.75, 3.05) is 13.1 Å². The van der Waals surface area contributed by atoms with Crippen LogP contribution in [-0.2, 0) is 4.79 Å². The molecule has 1 aromatic heterocycles. The molecule has 0 saturated heterocycles. The van der Waals surface area contributed by atoms with Crippen LogP contribution >= 0.6 is 0 Å². The second-order valence-electron chi connectivity index (χ2n) is 4.41. The molecule has 1 aromatic rings. The number of hydrogen-bond acceptors (Lipinski definition) is 4. The van der Waals surface area contributed by atoms with Gasteiger partial charge in [0.05, 0.1) is 6.26 Å². The van der Waals surface area contributed by atoms with Gasteiger partial charge in [0.25, 0.3) is 5.91 Å². The number of nitrogens with zero attached hydrogens (tertiary/aromatic N) is 1. The van der Waals surface area contributed by atoms with Crippen molar-refractivity contribution in [1.82, 2.24) is 10.2 Å². The predicted octanol–water partition coefficient (Wildman–Crippen LogP) is 0.458. The summed E-state index contributed by atoms with van der Waals surface area (Å²) in [5.41, 5.74) is 5.15. The molecule has 0 aliphatic heterocycles. The van der Waals surface area contributed by atoms with Gasteiger partial charge in [0.15, 0.2) is 11.7 Å². The van der Waals surface area contributed by atoms with Crippen molar-refractivity contribution in [2.45, 2.75) is 25.8 Å². The van der Waals surface area contributed by atoms with Gasteiger partial charge < -0.3 is 25.5 Å². The van der Waals surface area contributed by atoms with Crippen molar-refractivity contribution in [3.8, 4) is 0 Å². The Morgan fingerprint density at radius 3 is 2.76 bits per heavy atom. The highest BCUT2D eigenvalue weighted by molar-refractivity contribution is 5.94. The number of carboxylic acids is 1. The zero-order chi connectivity index (χ0) is 15.8. The van der Waals surface area contributed by atoms with E-state index in [1.807, 2.05) is 0 Å². The van der Waals surface area contributed by atoms with E-state index in [4.69, 9.17) is 15.6 Å². The Bertz CT molecular complexity index is 486. The van der Waals surface area contributed by atoms with Crippen LogP contribution in [0.25, 0.3) is 0 Å². The smallest absolute Gasteiger partial charge is 0.326 e. The fourth-order valence-electron chi connectivity index (χ4n) is 1.98. The molecule has 0 unspecified atom stereocenters. The minimum Gasteiger partial charge on any atom is -0.480 e. The first-order valence-corrected chi connectivity index (χ1v) is 6.62. The van der Waals surface area contributed by atoms with Gasteiger partial charge in [-0.15, -0.1) is 0 Å². The summed E-state index contributed by atoms with van der Waals surface area (Å²) in [6, 6.07) is 2.14. The summed E-state index contributed by atoms with van der Waals surface area (Å²) in [5.74, 6) is -1.57. The fraction of sp³-hybridized carbons (Fsp3) is 0.462. The molecule has 0 fully saturated rings. The number of carboxylic acid groups (broad SMARTS) is 1. The standard InChI is InChI=1S/C13H20N4O4/c1-2-17(11(18)10-6-4-8-21-10)9(12(19)20)5-3-7-16-13(14)15/h4,6,8-9H,2-3,5,7H2,1H3,(H,19,20)(H4,14,15,16)/t9-/m0/s1. The van der Waals surface area contributed by atoms with Crippen LogP contribution < -0.4 is 11.1 Å². The zero-order valence-electron chi connectivity index (χ0n) is 11.8. The van der Waals surface area contributed by atoms with Gasteiger partial charge >= 0.3 is 5.97 Å². The summed E-state index contributed by atoms with van der Waals surface area (Å²) in [7, 11) is 0. The maximum Gasteiger partial charge on any atom is 0.326 e. The molecule has 0 aromatic carbocycles. The Morgan fingerprint density at radius 1 is 1.57 bits per heavy atom. The van der Waals surface area contributed by atoms with E-state index in [2.05, 4.69) is 5.32 Å².